The van der Waals surface area contributed by atoms with Gasteiger partial charge in [-0.05, 0) is 39.0 Å². The van der Waals surface area contributed by atoms with E-state index in [4.69, 9.17) is 9.47 Å². The van der Waals surface area contributed by atoms with Gasteiger partial charge in [0, 0.05) is 6.42 Å². The number of Topliss-reactive ketones (excluding diaryl/α,β-unsaturated/α-hetero) is 1. The van der Waals surface area contributed by atoms with E-state index < -0.39 is 5.41 Å². The first-order valence-electron chi connectivity index (χ1n) is 7.93. The van der Waals surface area contributed by atoms with Crippen molar-refractivity contribution < 1.29 is 19.1 Å². The second-order valence-electron chi connectivity index (χ2n) is 6.75. The van der Waals surface area contributed by atoms with Crippen LogP contribution in [0.4, 0.5) is 0 Å². The van der Waals surface area contributed by atoms with Crippen LogP contribution in [-0.2, 0) is 19.1 Å². The van der Waals surface area contributed by atoms with Gasteiger partial charge in [-0.2, -0.15) is 0 Å². The molecule has 0 N–H and O–H groups in total. The number of hydrogen-bond acceptors (Lipinski definition) is 4. The predicted octanol–water partition coefficient (Wildman–Crippen LogP) is 2.78. The molecule has 3 rings (SSSR count). The highest BCUT2D eigenvalue weighted by Gasteiger charge is 2.52. The molecule has 4 nitrogen and oxygen atoms in total. The monoisotopic (exact) mass is 280 g/mol. The molecule has 0 aromatic heterocycles. The molecule has 3 aliphatic rings. The Hall–Kier alpha value is -0.900. The van der Waals surface area contributed by atoms with Crippen molar-refractivity contribution in [2.24, 2.45) is 5.41 Å². The van der Waals surface area contributed by atoms with Gasteiger partial charge >= 0.3 is 5.97 Å². The molecule has 20 heavy (non-hydrogen) atoms. The average molecular weight is 280 g/mol. The number of ether oxygens (including phenoxy) is 2. The minimum atomic E-state index is -0.926. The molecule has 0 aromatic rings. The molecule has 1 aliphatic carbocycles. The van der Waals surface area contributed by atoms with E-state index in [1.54, 1.807) is 0 Å². The number of esters is 1. The Bertz CT molecular complexity index is 411. The summed E-state index contributed by atoms with van der Waals surface area (Å²) in [7, 11) is 0. The highest BCUT2D eigenvalue weighted by molar-refractivity contribution is 6.03. The van der Waals surface area contributed by atoms with Crippen LogP contribution in [0.3, 0.4) is 0 Å². The quantitative estimate of drug-likeness (QED) is 0.589. The number of cyclic esters (lactones) is 1. The third kappa shape index (κ3) is 2.28. The molecule has 1 saturated carbocycles. The van der Waals surface area contributed by atoms with Crippen molar-refractivity contribution in [1.82, 2.24) is 0 Å². The predicted molar refractivity (Wildman–Crippen MR) is 73.2 cm³/mol. The highest BCUT2D eigenvalue weighted by atomic mass is 16.5. The number of ketones is 1. The van der Waals surface area contributed by atoms with Gasteiger partial charge in [-0.25, -0.2) is 0 Å². The summed E-state index contributed by atoms with van der Waals surface area (Å²) in [5.41, 5.74) is -0.881. The minimum Gasteiger partial charge on any atom is -0.465 e. The highest BCUT2D eigenvalue weighted by Crippen LogP contribution is 2.46. The van der Waals surface area contributed by atoms with E-state index in [2.05, 4.69) is 0 Å². The van der Waals surface area contributed by atoms with Crippen molar-refractivity contribution in [3.63, 3.8) is 0 Å². The fraction of sp³-hybridized carbons (Fsp3) is 0.875. The van der Waals surface area contributed by atoms with Crippen molar-refractivity contribution in [1.29, 1.82) is 0 Å². The fourth-order valence-corrected chi connectivity index (χ4v) is 4.20. The molecule has 2 heterocycles. The van der Waals surface area contributed by atoms with Crippen molar-refractivity contribution in [3.05, 3.63) is 0 Å². The third-order valence-electron chi connectivity index (χ3n) is 5.51. The average Bonchev–Trinajstić information content (AvgIpc) is 2.97. The van der Waals surface area contributed by atoms with Crippen LogP contribution in [0.2, 0.25) is 0 Å². The number of rotatable bonds is 3. The van der Waals surface area contributed by atoms with Gasteiger partial charge in [0.25, 0.3) is 0 Å². The zero-order chi connectivity index (χ0) is 14.2. The maximum absolute atomic E-state index is 12.0. The molecule has 2 unspecified atom stereocenters. The summed E-state index contributed by atoms with van der Waals surface area (Å²) >= 11 is 0. The Labute approximate surface area is 120 Å². The van der Waals surface area contributed by atoms with Crippen LogP contribution in [0.1, 0.15) is 64.7 Å². The van der Waals surface area contributed by atoms with Gasteiger partial charge in [-0.15, -0.1) is 0 Å². The molecule has 0 aromatic carbocycles. The van der Waals surface area contributed by atoms with Crippen molar-refractivity contribution in [2.75, 3.05) is 6.61 Å². The van der Waals surface area contributed by atoms with Crippen molar-refractivity contribution >= 4 is 11.8 Å². The van der Waals surface area contributed by atoms with E-state index in [1.165, 1.54) is 26.2 Å². The van der Waals surface area contributed by atoms with Crippen molar-refractivity contribution in [2.45, 2.75) is 76.4 Å². The van der Waals surface area contributed by atoms with Gasteiger partial charge < -0.3 is 9.47 Å². The topological polar surface area (TPSA) is 52.6 Å². The van der Waals surface area contributed by atoms with Crippen LogP contribution in [0.25, 0.3) is 0 Å². The first-order valence-corrected chi connectivity index (χ1v) is 7.93. The van der Waals surface area contributed by atoms with Gasteiger partial charge in [-0.1, -0.05) is 19.3 Å². The Morgan fingerprint density at radius 3 is 2.55 bits per heavy atom. The normalized spacial score (nSPS) is 36.2. The molecule has 2 atom stereocenters. The lowest BCUT2D eigenvalue weighted by Crippen LogP contribution is -2.39. The van der Waals surface area contributed by atoms with E-state index in [1.807, 2.05) is 0 Å². The summed E-state index contributed by atoms with van der Waals surface area (Å²) in [6.07, 6.45) is 9.21. The number of hydrogen-bond donors (Lipinski definition) is 0. The van der Waals surface area contributed by atoms with E-state index >= 15 is 0 Å². The SMILES string of the molecule is CC(=O)C1(CC2CCC3(CCCCC3)O2)CCOC1=O. The van der Waals surface area contributed by atoms with Gasteiger partial charge in [0.2, 0.25) is 0 Å². The lowest BCUT2D eigenvalue weighted by molar-refractivity contribution is -0.154. The largest absolute Gasteiger partial charge is 0.465 e. The maximum Gasteiger partial charge on any atom is 0.319 e. The number of carbonyl (C=O) groups excluding carboxylic acids is 2. The van der Waals surface area contributed by atoms with Crippen molar-refractivity contribution in [3.8, 4) is 0 Å². The van der Waals surface area contributed by atoms with Gasteiger partial charge in [0.15, 0.2) is 0 Å². The molecular weight excluding hydrogens is 256 g/mol. The second-order valence-corrected chi connectivity index (χ2v) is 6.75. The van der Waals surface area contributed by atoms with Crippen LogP contribution in [0.15, 0.2) is 0 Å². The summed E-state index contributed by atoms with van der Waals surface area (Å²) in [6, 6.07) is 0. The molecule has 0 radical (unpaired) electrons. The Balaban J connectivity index is 1.69. The van der Waals surface area contributed by atoms with Crippen LogP contribution < -0.4 is 0 Å². The van der Waals surface area contributed by atoms with E-state index in [-0.39, 0.29) is 23.5 Å². The fourth-order valence-electron chi connectivity index (χ4n) is 4.20. The lowest BCUT2D eigenvalue weighted by Gasteiger charge is -2.34. The molecule has 4 heteroatoms. The zero-order valence-corrected chi connectivity index (χ0v) is 12.3. The summed E-state index contributed by atoms with van der Waals surface area (Å²) < 4.78 is 11.4. The Morgan fingerprint density at radius 2 is 1.95 bits per heavy atom. The van der Waals surface area contributed by atoms with Crippen LogP contribution in [0.5, 0.6) is 0 Å². The summed E-state index contributed by atoms with van der Waals surface area (Å²) in [5.74, 6) is -0.397. The summed E-state index contributed by atoms with van der Waals surface area (Å²) in [4.78, 5) is 24.0. The van der Waals surface area contributed by atoms with Crippen LogP contribution in [-0.4, -0.2) is 30.1 Å². The Morgan fingerprint density at radius 1 is 1.20 bits per heavy atom. The van der Waals surface area contributed by atoms with E-state index in [0.717, 1.165) is 25.7 Å². The first kappa shape index (κ1) is 14.1. The minimum absolute atomic E-state index is 0.0441. The Kier molecular flexibility index (Phi) is 3.61. The molecule has 3 fully saturated rings. The molecule has 1 spiro atoms. The standard InChI is InChI=1S/C16H24O4/c1-12(17)16(9-10-19-14(16)18)11-13-5-8-15(20-13)6-3-2-4-7-15/h13H,2-11H2,1H3. The molecular formula is C16H24O4. The van der Waals surface area contributed by atoms with E-state index in [0.29, 0.717) is 19.4 Å². The first-order chi connectivity index (χ1) is 9.56. The van der Waals surface area contributed by atoms with E-state index in [9.17, 15) is 9.59 Å². The maximum atomic E-state index is 12.0. The van der Waals surface area contributed by atoms with Gasteiger partial charge in [0.1, 0.15) is 11.2 Å². The zero-order valence-electron chi connectivity index (χ0n) is 12.3. The smallest absolute Gasteiger partial charge is 0.319 e. The molecule has 2 saturated heterocycles. The van der Waals surface area contributed by atoms with Crippen LogP contribution in [0, 0.1) is 5.41 Å². The number of carbonyl (C=O) groups is 2. The third-order valence-corrected chi connectivity index (χ3v) is 5.51. The van der Waals surface area contributed by atoms with Gasteiger partial charge in [0.05, 0.1) is 18.3 Å². The van der Waals surface area contributed by atoms with Gasteiger partial charge in [-0.3, -0.25) is 9.59 Å². The molecule has 0 bridgehead atoms. The second kappa shape index (κ2) is 5.14. The molecule has 2 aliphatic heterocycles. The summed E-state index contributed by atoms with van der Waals surface area (Å²) in [5, 5.41) is 0. The molecule has 112 valence electrons. The molecule has 0 amide bonds. The summed E-state index contributed by atoms with van der Waals surface area (Å²) in [6.45, 7) is 1.88. The van der Waals surface area contributed by atoms with Crippen LogP contribution >= 0.6 is 0 Å². The lowest BCUT2D eigenvalue weighted by atomic mass is 9.77.